The lowest BCUT2D eigenvalue weighted by atomic mass is 10.0. The Morgan fingerprint density at radius 1 is 1.09 bits per heavy atom. The number of urea groups is 1. The molecular formula is C26H30N4O5. The van der Waals surface area contributed by atoms with E-state index < -0.39 is 18.2 Å². The molecule has 184 valence electrons. The summed E-state index contributed by atoms with van der Waals surface area (Å²) in [5.41, 5.74) is 2.54. The van der Waals surface area contributed by atoms with E-state index in [4.69, 9.17) is 14.0 Å². The third-order valence-electron chi connectivity index (χ3n) is 6.40. The van der Waals surface area contributed by atoms with Crippen LogP contribution in [0.2, 0.25) is 0 Å². The largest absolute Gasteiger partial charge is 0.486 e. The van der Waals surface area contributed by atoms with Gasteiger partial charge in [0.15, 0.2) is 17.3 Å². The van der Waals surface area contributed by atoms with Crippen molar-refractivity contribution < 1.29 is 23.9 Å². The lowest BCUT2D eigenvalue weighted by Crippen LogP contribution is -2.48. The maximum absolute atomic E-state index is 13.1. The normalized spacial score (nSPS) is 17.1. The number of amides is 2. The number of fused-ring (bicyclic) bond motifs is 1. The summed E-state index contributed by atoms with van der Waals surface area (Å²) in [5, 5.41) is 21.2. The Hall–Kier alpha value is -3.56. The molecule has 0 aliphatic carbocycles. The first kappa shape index (κ1) is 23.2. The molecule has 9 heteroatoms. The quantitative estimate of drug-likeness (QED) is 0.475. The SMILES string of the molecule is Cc1noc(-c2ccccc2)c1NC(=O)NC(CN1CCCC1)C(O)c1ccc2c(c1)OCCO2. The zero-order chi connectivity index (χ0) is 24.2. The monoisotopic (exact) mass is 478 g/mol. The smallest absolute Gasteiger partial charge is 0.319 e. The Morgan fingerprint density at radius 2 is 1.83 bits per heavy atom. The van der Waals surface area contributed by atoms with Crippen LogP contribution in [0.5, 0.6) is 11.5 Å². The van der Waals surface area contributed by atoms with Crippen molar-refractivity contribution in [2.75, 3.05) is 38.2 Å². The van der Waals surface area contributed by atoms with Crippen LogP contribution in [0.25, 0.3) is 11.3 Å². The zero-order valence-corrected chi connectivity index (χ0v) is 19.7. The molecular weight excluding hydrogens is 448 g/mol. The number of carbonyl (C=O) groups is 1. The summed E-state index contributed by atoms with van der Waals surface area (Å²) in [6.45, 7) is 5.15. The second-order valence-corrected chi connectivity index (χ2v) is 8.90. The van der Waals surface area contributed by atoms with Crippen LogP contribution in [0.15, 0.2) is 53.1 Å². The predicted octanol–water partition coefficient (Wildman–Crippen LogP) is 3.74. The minimum atomic E-state index is -0.936. The molecule has 3 heterocycles. The van der Waals surface area contributed by atoms with E-state index in [1.165, 1.54) is 0 Å². The van der Waals surface area contributed by atoms with Crippen molar-refractivity contribution >= 4 is 11.7 Å². The van der Waals surface area contributed by atoms with Crippen molar-refractivity contribution in [1.29, 1.82) is 0 Å². The molecule has 1 aromatic heterocycles. The molecule has 3 N–H and O–H groups in total. The topological polar surface area (TPSA) is 109 Å². The lowest BCUT2D eigenvalue weighted by molar-refractivity contribution is 0.110. The number of hydrogen-bond donors (Lipinski definition) is 3. The van der Waals surface area contributed by atoms with Gasteiger partial charge in [0, 0.05) is 12.1 Å². The van der Waals surface area contributed by atoms with Gasteiger partial charge in [-0.15, -0.1) is 0 Å². The molecule has 9 nitrogen and oxygen atoms in total. The summed E-state index contributed by atoms with van der Waals surface area (Å²) in [6.07, 6.45) is 1.29. The number of benzene rings is 2. The highest BCUT2D eigenvalue weighted by atomic mass is 16.6. The first-order valence-corrected chi connectivity index (χ1v) is 12.0. The molecule has 0 radical (unpaired) electrons. The predicted molar refractivity (Wildman–Crippen MR) is 131 cm³/mol. The summed E-state index contributed by atoms with van der Waals surface area (Å²) in [6, 6.07) is 13.9. The van der Waals surface area contributed by atoms with Crippen LogP contribution in [-0.4, -0.2) is 60.1 Å². The van der Waals surface area contributed by atoms with Crippen LogP contribution >= 0.6 is 0 Å². The summed E-state index contributed by atoms with van der Waals surface area (Å²) in [7, 11) is 0. The summed E-state index contributed by atoms with van der Waals surface area (Å²) in [4.78, 5) is 15.4. The van der Waals surface area contributed by atoms with Crippen LogP contribution in [0.3, 0.4) is 0 Å². The van der Waals surface area contributed by atoms with E-state index in [1.807, 2.05) is 36.4 Å². The number of aliphatic hydroxyl groups excluding tert-OH is 1. The molecule has 3 aromatic rings. The van der Waals surface area contributed by atoms with Crippen molar-refractivity contribution in [2.24, 2.45) is 0 Å². The van der Waals surface area contributed by atoms with Gasteiger partial charge in [0.05, 0.1) is 6.04 Å². The Morgan fingerprint density at radius 3 is 2.60 bits per heavy atom. The fourth-order valence-electron chi connectivity index (χ4n) is 4.57. The summed E-state index contributed by atoms with van der Waals surface area (Å²) >= 11 is 0. The molecule has 1 saturated heterocycles. The maximum Gasteiger partial charge on any atom is 0.319 e. The van der Waals surface area contributed by atoms with Crippen LogP contribution in [0.4, 0.5) is 10.5 Å². The van der Waals surface area contributed by atoms with E-state index in [1.54, 1.807) is 19.1 Å². The molecule has 0 bridgehead atoms. The summed E-state index contributed by atoms with van der Waals surface area (Å²) in [5.74, 6) is 1.75. The standard InChI is InChI=1S/C26H30N4O5/c1-17-23(25(35-29-17)18-7-3-2-4-8-18)28-26(32)27-20(16-30-11-5-6-12-30)24(31)19-9-10-21-22(15-19)34-14-13-33-21/h2-4,7-10,15,20,24,31H,5-6,11-14,16H2,1H3,(H2,27,28,32). The van der Waals surface area contributed by atoms with E-state index in [-0.39, 0.29) is 0 Å². The van der Waals surface area contributed by atoms with Crippen molar-refractivity contribution in [1.82, 2.24) is 15.4 Å². The lowest BCUT2D eigenvalue weighted by Gasteiger charge is -2.29. The van der Waals surface area contributed by atoms with Crippen molar-refractivity contribution in [2.45, 2.75) is 31.9 Å². The van der Waals surface area contributed by atoms with Crippen LogP contribution in [0, 0.1) is 6.92 Å². The van der Waals surface area contributed by atoms with Gasteiger partial charge >= 0.3 is 6.03 Å². The van der Waals surface area contributed by atoms with Gasteiger partial charge in [-0.3, -0.25) is 0 Å². The fraction of sp³-hybridized carbons (Fsp3) is 0.385. The van der Waals surface area contributed by atoms with Crippen molar-refractivity contribution in [3.05, 3.63) is 59.8 Å². The number of rotatable bonds is 7. The number of aromatic nitrogens is 1. The van der Waals surface area contributed by atoms with Crippen LogP contribution in [-0.2, 0) is 0 Å². The maximum atomic E-state index is 13.1. The van der Waals surface area contributed by atoms with Gasteiger partial charge in [0.1, 0.15) is 30.7 Å². The van der Waals surface area contributed by atoms with Gasteiger partial charge in [0.25, 0.3) is 0 Å². The van der Waals surface area contributed by atoms with E-state index in [0.29, 0.717) is 54.0 Å². The molecule has 35 heavy (non-hydrogen) atoms. The molecule has 2 aromatic carbocycles. The van der Waals surface area contributed by atoms with Crippen LogP contribution < -0.4 is 20.1 Å². The molecule has 2 aliphatic heterocycles. The fourth-order valence-corrected chi connectivity index (χ4v) is 4.57. The molecule has 0 saturated carbocycles. The van der Waals surface area contributed by atoms with E-state index >= 15 is 0 Å². The number of likely N-dealkylation sites (tertiary alicyclic amines) is 1. The Balaban J connectivity index is 1.34. The Bertz CT molecular complexity index is 1160. The van der Waals surface area contributed by atoms with Gasteiger partial charge in [-0.2, -0.15) is 0 Å². The molecule has 2 aliphatic rings. The number of carbonyl (C=O) groups excluding carboxylic acids is 1. The second-order valence-electron chi connectivity index (χ2n) is 8.90. The highest BCUT2D eigenvalue weighted by molar-refractivity contribution is 5.94. The van der Waals surface area contributed by atoms with Gasteiger partial charge in [-0.25, -0.2) is 4.79 Å². The molecule has 5 rings (SSSR count). The van der Waals surface area contributed by atoms with E-state index in [0.717, 1.165) is 31.5 Å². The minimum Gasteiger partial charge on any atom is -0.486 e. The van der Waals surface area contributed by atoms with E-state index in [2.05, 4.69) is 20.7 Å². The van der Waals surface area contributed by atoms with Gasteiger partial charge in [0.2, 0.25) is 0 Å². The third kappa shape index (κ3) is 5.26. The average Bonchev–Trinajstić information content (AvgIpc) is 3.53. The van der Waals surface area contributed by atoms with E-state index in [9.17, 15) is 9.90 Å². The number of ether oxygens (including phenoxy) is 2. The highest BCUT2D eigenvalue weighted by Gasteiger charge is 2.29. The van der Waals surface area contributed by atoms with Gasteiger partial charge in [-0.1, -0.05) is 41.6 Å². The first-order chi connectivity index (χ1) is 17.1. The molecule has 1 fully saturated rings. The number of nitrogens with zero attached hydrogens (tertiary/aromatic N) is 2. The van der Waals surface area contributed by atoms with Crippen molar-refractivity contribution in [3.8, 4) is 22.8 Å². The Labute approximate surface area is 204 Å². The molecule has 2 atom stereocenters. The average molecular weight is 479 g/mol. The first-order valence-electron chi connectivity index (χ1n) is 12.0. The number of hydrogen-bond acceptors (Lipinski definition) is 7. The highest BCUT2D eigenvalue weighted by Crippen LogP contribution is 2.34. The minimum absolute atomic E-state index is 0.436. The third-order valence-corrected chi connectivity index (χ3v) is 6.40. The zero-order valence-electron chi connectivity index (χ0n) is 19.7. The molecule has 0 spiro atoms. The van der Waals surface area contributed by atoms with Crippen molar-refractivity contribution in [3.63, 3.8) is 0 Å². The number of anilines is 1. The molecule has 2 unspecified atom stereocenters. The van der Waals surface area contributed by atoms with Gasteiger partial charge in [-0.05, 0) is 50.6 Å². The number of nitrogens with one attached hydrogen (secondary N) is 2. The Kier molecular flexibility index (Phi) is 6.87. The second kappa shape index (κ2) is 10.4. The molecule has 2 amide bonds. The number of aliphatic hydroxyl groups is 1. The number of aryl methyl sites for hydroxylation is 1. The summed E-state index contributed by atoms with van der Waals surface area (Å²) < 4.78 is 16.8. The van der Waals surface area contributed by atoms with Crippen LogP contribution in [0.1, 0.15) is 30.2 Å². The van der Waals surface area contributed by atoms with Gasteiger partial charge < -0.3 is 34.6 Å².